The number of non-ortho nitro benzene ring substituents is 3. The van der Waals surface area contributed by atoms with Gasteiger partial charge in [-0.2, -0.15) is 0 Å². The van der Waals surface area contributed by atoms with E-state index in [1.165, 1.54) is 0 Å². The molecule has 0 amide bonds. The number of rotatable bonds is 15. The number of hydrogen-bond acceptors (Lipinski definition) is 22. The second-order valence-corrected chi connectivity index (χ2v) is 9.80. The van der Waals surface area contributed by atoms with Crippen LogP contribution in [0.1, 0.15) is 0 Å². The minimum Gasteiger partial charge on any atom is -0.504 e. The molecule has 0 fully saturated rings. The first-order valence-corrected chi connectivity index (χ1v) is 13.4. The average molecular weight is 775 g/mol. The zero-order valence-corrected chi connectivity index (χ0v) is 25.7. The maximum Gasteiger partial charge on any atom is 0.325 e. The first-order valence-electron chi connectivity index (χ1n) is 13.4. The van der Waals surface area contributed by atoms with E-state index in [0.717, 1.165) is 0 Å². The van der Waals surface area contributed by atoms with E-state index < -0.39 is 136 Å². The minimum atomic E-state index is -1.62. The monoisotopic (exact) mass is 775 g/mol. The molecule has 31 nitrogen and oxygen atoms in total. The summed E-state index contributed by atoms with van der Waals surface area (Å²) in [7, 11) is 0. The molecule has 0 aromatic heterocycles. The van der Waals surface area contributed by atoms with E-state index in [0.29, 0.717) is 12.1 Å². The molecule has 0 saturated carbocycles. The predicted molar refractivity (Wildman–Crippen MR) is 168 cm³/mol. The largest absolute Gasteiger partial charge is 0.504 e. The lowest BCUT2D eigenvalue weighted by Gasteiger charge is -2.17. The molecule has 0 aliphatic carbocycles. The van der Waals surface area contributed by atoms with Crippen molar-refractivity contribution in [2.24, 2.45) is 0 Å². The number of phenolic OH excluding ortho intramolecular Hbond substituents is 1. The smallest absolute Gasteiger partial charge is 0.325 e. The summed E-state index contributed by atoms with van der Waals surface area (Å²) in [5.41, 5.74) is -13.3. The lowest BCUT2D eigenvalue weighted by molar-refractivity contribution is -0.404. The standard InChI is InChI=1S/C24H9N9O22/c34-18-1-2-19(53-20-12(28(41)42)3-9(25(35)36)4-13(20)29(43)44)24(55-22-16(32(49)50)7-11(27(39)40)8-17(22)33(51)52)23(18)54-21-14(30(45)46)5-10(26(37)38)6-15(21)31(47)48/h1-8,34H. The van der Waals surface area contributed by atoms with Gasteiger partial charge in [0.2, 0.25) is 11.5 Å². The summed E-state index contributed by atoms with van der Waals surface area (Å²) in [4.78, 5) is 93.0. The molecule has 31 heteroatoms. The van der Waals surface area contributed by atoms with Gasteiger partial charge in [0, 0.05) is 0 Å². The van der Waals surface area contributed by atoms with Gasteiger partial charge in [0.25, 0.3) is 34.3 Å². The summed E-state index contributed by atoms with van der Waals surface area (Å²) < 4.78 is 15.8. The lowest BCUT2D eigenvalue weighted by atomic mass is 10.2. The third kappa shape index (κ3) is 7.57. The highest BCUT2D eigenvalue weighted by Crippen LogP contribution is 2.56. The number of nitrogens with zero attached hydrogens (tertiary/aromatic N) is 9. The van der Waals surface area contributed by atoms with Crippen molar-refractivity contribution in [1.29, 1.82) is 0 Å². The lowest BCUT2D eigenvalue weighted by Crippen LogP contribution is -2.05. The maximum absolute atomic E-state index is 12.0. The summed E-state index contributed by atoms with van der Waals surface area (Å²) in [5.74, 6) is -10.5. The molecule has 4 rings (SSSR count). The summed E-state index contributed by atoms with van der Waals surface area (Å²) in [5, 5.41) is 117. The molecule has 0 saturated heterocycles. The molecule has 0 heterocycles. The van der Waals surface area contributed by atoms with E-state index in [2.05, 4.69) is 0 Å². The third-order valence-electron chi connectivity index (χ3n) is 6.59. The second-order valence-electron chi connectivity index (χ2n) is 9.80. The van der Waals surface area contributed by atoms with Crippen molar-refractivity contribution < 1.29 is 63.6 Å². The number of nitro benzene ring substituents is 9. The first-order chi connectivity index (χ1) is 25.6. The van der Waals surface area contributed by atoms with Gasteiger partial charge in [-0.05, 0) is 12.1 Å². The summed E-state index contributed by atoms with van der Waals surface area (Å²) in [6.07, 6.45) is 0. The van der Waals surface area contributed by atoms with Gasteiger partial charge in [-0.15, -0.1) is 0 Å². The highest BCUT2D eigenvalue weighted by atomic mass is 16.7. The Labute approximate surface area is 295 Å². The topological polar surface area (TPSA) is 436 Å². The van der Waals surface area contributed by atoms with Crippen LogP contribution in [0.2, 0.25) is 0 Å². The Hall–Kier alpha value is -9.32. The van der Waals surface area contributed by atoms with Crippen LogP contribution in [0.3, 0.4) is 0 Å². The van der Waals surface area contributed by atoms with Gasteiger partial charge in [0.1, 0.15) is 0 Å². The van der Waals surface area contributed by atoms with Gasteiger partial charge in [0.15, 0.2) is 11.5 Å². The van der Waals surface area contributed by atoms with Crippen molar-refractivity contribution in [2.75, 3.05) is 0 Å². The van der Waals surface area contributed by atoms with Crippen molar-refractivity contribution >= 4 is 51.2 Å². The van der Waals surface area contributed by atoms with Crippen LogP contribution in [0, 0.1) is 91.0 Å². The van der Waals surface area contributed by atoms with Gasteiger partial charge >= 0.3 is 34.1 Å². The van der Waals surface area contributed by atoms with Crippen LogP contribution >= 0.6 is 0 Å². The van der Waals surface area contributed by atoms with Crippen molar-refractivity contribution in [2.45, 2.75) is 0 Å². The van der Waals surface area contributed by atoms with Gasteiger partial charge < -0.3 is 19.3 Å². The minimum absolute atomic E-state index is 0.101. The molecular weight excluding hydrogens is 766 g/mol. The van der Waals surface area contributed by atoms with Gasteiger partial charge in [0.05, 0.1) is 80.7 Å². The molecule has 0 aliphatic heterocycles. The number of benzene rings is 4. The predicted octanol–water partition coefficient (Wildman–Crippen LogP) is 5.94. The van der Waals surface area contributed by atoms with Crippen molar-refractivity contribution in [3.05, 3.63) is 140 Å². The van der Waals surface area contributed by atoms with Crippen molar-refractivity contribution in [3.63, 3.8) is 0 Å². The molecule has 0 unspecified atom stereocenters. The Bertz CT molecular complexity index is 2340. The molecule has 0 radical (unpaired) electrons. The van der Waals surface area contributed by atoms with E-state index in [-0.39, 0.29) is 36.4 Å². The molecule has 4 aromatic carbocycles. The molecule has 0 aliphatic rings. The fourth-order valence-corrected chi connectivity index (χ4v) is 4.32. The number of ether oxygens (including phenoxy) is 3. The van der Waals surface area contributed by atoms with Gasteiger partial charge in [-0.25, -0.2) is 0 Å². The quantitative estimate of drug-likeness (QED) is 0.108. The van der Waals surface area contributed by atoms with E-state index in [1.54, 1.807) is 0 Å². The molecule has 0 atom stereocenters. The van der Waals surface area contributed by atoms with Crippen molar-refractivity contribution in [3.8, 4) is 40.2 Å². The van der Waals surface area contributed by atoms with Crippen LogP contribution < -0.4 is 14.2 Å². The second kappa shape index (κ2) is 14.5. The van der Waals surface area contributed by atoms with Crippen LogP contribution in [0.25, 0.3) is 0 Å². The van der Waals surface area contributed by atoms with E-state index >= 15 is 0 Å². The fraction of sp³-hybridized carbons (Fsp3) is 0. The zero-order valence-electron chi connectivity index (χ0n) is 25.7. The van der Waals surface area contributed by atoms with Crippen LogP contribution in [0.15, 0.2) is 48.5 Å². The van der Waals surface area contributed by atoms with E-state index in [4.69, 9.17) is 14.2 Å². The van der Waals surface area contributed by atoms with Crippen molar-refractivity contribution in [1.82, 2.24) is 0 Å². The Morgan fingerprint density at radius 1 is 0.345 bits per heavy atom. The number of phenols is 1. The summed E-state index contributed by atoms with van der Waals surface area (Å²) >= 11 is 0. The first kappa shape index (κ1) is 38.5. The Morgan fingerprint density at radius 3 is 0.855 bits per heavy atom. The molecular formula is C24H9N9O22. The fourth-order valence-electron chi connectivity index (χ4n) is 4.32. The van der Waals surface area contributed by atoms with Gasteiger partial charge in [-0.3, -0.25) is 91.0 Å². The molecule has 55 heavy (non-hydrogen) atoms. The molecule has 0 bridgehead atoms. The normalized spacial score (nSPS) is 10.5. The van der Waals surface area contributed by atoms with Gasteiger partial charge in [-0.1, -0.05) is 0 Å². The average Bonchev–Trinajstić information content (AvgIpc) is 3.09. The third-order valence-corrected chi connectivity index (χ3v) is 6.59. The number of hydrogen-bond donors (Lipinski definition) is 1. The van der Waals surface area contributed by atoms with E-state index in [1.807, 2.05) is 0 Å². The highest BCUT2D eigenvalue weighted by molar-refractivity contribution is 5.73. The SMILES string of the molecule is O=[N+]([O-])c1cc([N+](=O)[O-])c(Oc2ccc(O)c(Oc3c([N+](=O)[O-])cc([N+](=O)[O-])cc3[N+](=O)[O-])c2Oc2c([N+](=O)[O-])cc([N+](=O)[O-])cc2[N+](=O)[O-])c([N+](=O)[O-])c1. The van der Waals surface area contributed by atoms with Crippen LogP contribution in [0.4, 0.5) is 51.2 Å². The molecule has 0 spiro atoms. The van der Waals surface area contributed by atoms with Crippen LogP contribution in [0.5, 0.6) is 40.2 Å². The number of aromatic hydroxyl groups is 1. The number of nitro groups is 9. The Balaban J connectivity index is 2.19. The Morgan fingerprint density at radius 2 is 0.600 bits per heavy atom. The zero-order chi connectivity index (χ0) is 41.2. The van der Waals surface area contributed by atoms with E-state index in [9.17, 15) is 96.1 Å². The molecule has 4 aromatic rings. The van der Waals surface area contributed by atoms with Crippen LogP contribution in [-0.2, 0) is 0 Å². The summed E-state index contributed by atoms with van der Waals surface area (Å²) in [6, 6.07) is 1.63. The summed E-state index contributed by atoms with van der Waals surface area (Å²) in [6.45, 7) is 0. The Kier molecular flexibility index (Phi) is 10.1. The molecule has 282 valence electrons. The maximum atomic E-state index is 12.0. The highest BCUT2D eigenvalue weighted by Gasteiger charge is 2.39. The molecule has 1 N–H and O–H groups in total. The van der Waals surface area contributed by atoms with Crippen LogP contribution in [-0.4, -0.2) is 49.4 Å².